The quantitative estimate of drug-likeness (QED) is 0.778. The van der Waals surface area contributed by atoms with E-state index in [1.54, 1.807) is 0 Å². The Hall–Kier alpha value is -0.600. The van der Waals surface area contributed by atoms with Gasteiger partial charge in [0.05, 0.1) is 5.69 Å². The van der Waals surface area contributed by atoms with Crippen LogP contribution in [0.25, 0.3) is 0 Å². The molecule has 82 valence electrons. The summed E-state index contributed by atoms with van der Waals surface area (Å²) < 4.78 is 0. The molecule has 1 heterocycles. The third kappa shape index (κ3) is 3.47. The number of hydrogen-bond donors (Lipinski definition) is 1. The predicted octanol–water partition coefficient (Wildman–Crippen LogP) is 2.50. The van der Waals surface area contributed by atoms with E-state index in [0.29, 0.717) is 5.38 Å². The van der Waals surface area contributed by atoms with Gasteiger partial charge in [-0.15, -0.1) is 11.6 Å². The molecule has 0 aromatic carbocycles. The molecule has 3 heteroatoms. The zero-order valence-corrected chi connectivity index (χ0v) is 9.80. The Morgan fingerprint density at radius 1 is 1.53 bits per heavy atom. The third-order valence-electron chi connectivity index (χ3n) is 2.72. The molecular formula is C12H17ClN2. The van der Waals surface area contributed by atoms with E-state index in [2.05, 4.69) is 10.3 Å². The molecule has 15 heavy (non-hydrogen) atoms. The lowest BCUT2D eigenvalue weighted by molar-refractivity contribution is 0.613. The van der Waals surface area contributed by atoms with Crippen molar-refractivity contribution in [3.05, 3.63) is 29.6 Å². The van der Waals surface area contributed by atoms with E-state index < -0.39 is 0 Å². The Kier molecular flexibility index (Phi) is 3.60. The predicted molar refractivity (Wildman–Crippen MR) is 63.0 cm³/mol. The van der Waals surface area contributed by atoms with Gasteiger partial charge in [-0.25, -0.2) is 0 Å². The fourth-order valence-corrected chi connectivity index (χ4v) is 2.02. The molecule has 1 atom stereocenters. The van der Waals surface area contributed by atoms with Crippen LogP contribution < -0.4 is 5.32 Å². The molecule has 1 fully saturated rings. The Morgan fingerprint density at radius 2 is 2.33 bits per heavy atom. The van der Waals surface area contributed by atoms with Gasteiger partial charge in [-0.1, -0.05) is 6.07 Å². The first kappa shape index (κ1) is 10.9. The van der Waals surface area contributed by atoms with Crippen LogP contribution in [0.15, 0.2) is 18.2 Å². The summed E-state index contributed by atoms with van der Waals surface area (Å²) in [5.74, 6) is 0.754. The Morgan fingerprint density at radius 3 is 3.00 bits per heavy atom. The van der Waals surface area contributed by atoms with Crippen LogP contribution in [-0.4, -0.2) is 16.9 Å². The fourth-order valence-electron chi connectivity index (χ4n) is 1.66. The van der Waals surface area contributed by atoms with Crippen molar-refractivity contribution in [1.82, 2.24) is 10.3 Å². The van der Waals surface area contributed by atoms with Gasteiger partial charge in [0.2, 0.25) is 0 Å². The summed E-state index contributed by atoms with van der Waals surface area (Å²) >= 11 is 6.19. The molecule has 0 aliphatic heterocycles. The lowest BCUT2D eigenvalue weighted by Crippen LogP contribution is -2.24. The minimum atomic E-state index is 0.301. The maximum Gasteiger partial charge on any atom is 0.0544 e. The average Bonchev–Trinajstić information content (AvgIpc) is 3.00. The average molecular weight is 225 g/mol. The minimum absolute atomic E-state index is 0.301. The molecule has 1 aliphatic rings. The molecule has 1 N–H and O–H groups in total. The van der Waals surface area contributed by atoms with Crippen LogP contribution >= 0.6 is 11.6 Å². The van der Waals surface area contributed by atoms with Crippen molar-refractivity contribution in [2.45, 2.75) is 31.7 Å². The standard InChI is InChI=1S/C12H17ClN2/c1-9-3-2-4-11(15-9)7-14-8-12(13)10-5-6-10/h2-4,10,12,14H,5-8H2,1H3. The molecule has 0 saturated heterocycles. The molecule has 0 radical (unpaired) electrons. The Labute approximate surface area is 96.1 Å². The van der Waals surface area contributed by atoms with Gasteiger partial charge in [-0.2, -0.15) is 0 Å². The zero-order valence-electron chi connectivity index (χ0n) is 9.04. The monoisotopic (exact) mass is 224 g/mol. The highest BCUT2D eigenvalue weighted by molar-refractivity contribution is 6.21. The van der Waals surface area contributed by atoms with E-state index in [9.17, 15) is 0 Å². The van der Waals surface area contributed by atoms with Gasteiger partial charge in [0.1, 0.15) is 0 Å². The maximum absolute atomic E-state index is 6.19. The van der Waals surface area contributed by atoms with E-state index in [-0.39, 0.29) is 0 Å². The van der Waals surface area contributed by atoms with Crippen LogP contribution in [-0.2, 0) is 6.54 Å². The molecule has 1 aromatic rings. The van der Waals surface area contributed by atoms with Gasteiger partial charge in [0.15, 0.2) is 0 Å². The first-order valence-corrected chi connectivity index (χ1v) is 5.96. The number of hydrogen-bond acceptors (Lipinski definition) is 2. The third-order valence-corrected chi connectivity index (χ3v) is 3.24. The lowest BCUT2D eigenvalue weighted by atomic mass is 10.2. The summed E-state index contributed by atoms with van der Waals surface area (Å²) in [4.78, 5) is 4.42. The second-order valence-electron chi connectivity index (χ2n) is 4.25. The van der Waals surface area contributed by atoms with Crippen molar-refractivity contribution in [2.75, 3.05) is 6.54 Å². The largest absolute Gasteiger partial charge is 0.310 e. The maximum atomic E-state index is 6.19. The Bertz CT molecular complexity index is 323. The van der Waals surface area contributed by atoms with Crippen molar-refractivity contribution in [2.24, 2.45) is 5.92 Å². The number of aromatic nitrogens is 1. The van der Waals surface area contributed by atoms with Gasteiger partial charge >= 0.3 is 0 Å². The number of nitrogens with zero attached hydrogens (tertiary/aromatic N) is 1. The van der Waals surface area contributed by atoms with E-state index in [1.807, 2.05) is 25.1 Å². The molecule has 1 saturated carbocycles. The highest BCUT2D eigenvalue weighted by atomic mass is 35.5. The van der Waals surface area contributed by atoms with E-state index in [4.69, 9.17) is 11.6 Å². The number of pyridine rings is 1. The molecular weight excluding hydrogens is 208 g/mol. The number of rotatable bonds is 5. The zero-order chi connectivity index (χ0) is 10.7. The number of aryl methyl sites for hydroxylation is 1. The fraction of sp³-hybridized carbons (Fsp3) is 0.583. The number of halogens is 1. The molecule has 2 rings (SSSR count). The van der Waals surface area contributed by atoms with Crippen molar-refractivity contribution in [3.63, 3.8) is 0 Å². The second kappa shape index (κ2) is 4.95. The van der Waals surface area contributed by atoms with Gasteiger partial charge in [-0.3, -0.25) is 4.98 Å². The van der Waals surface area contributed by atoms with Gasteiger partial charge in [0.25, 0.3) is 0 Å². The number of nitrogens with one attached hydrogen (secondary N) is 1. The summed E-state index contributed by atoms with van der Waals surface area (Å²) in [6.45, 7) is 3.72. The molecule has 1 aliphatic carbocycles. The summed E-state index contributed by atoms with van der Waals surface area (Å²) in [6.07, 6.45) is 2.61. The van der Waals surface area contributed by atoms with Crippen LogP contribution in [0, 0.1) is 12.8 Å². The SMILES string of the molecule is Cc1cccc(CNCC(Cl)C2CC2)n1. The van der Waals surface area contributed by atoms with Crippen LogP contribution in [0.3, 0.4) is 0 Å². The van der Waals surface area contributed by atoms with Crippen molar-refractivity contribution < 1.29 is 0 Å². The lowest BCUT2D eigenvalue weighted by Gasteiger charge is -2.09. The molecule has 0 bridgehead atoms. The van der Waals surface area contributed by atoms with Crippen LogP contribution in [0.5, 0.6) is 0 Å². The summed E-state index contributed by atoms with van der Waals surface area (Å²) in [5.41, 5.74) is 2.16. The topological polar surface area (TPSA) is 24.9 Å². The number of alkyl halides is 1. The first-order valence-electron chi connectivity index (χ1n) is 5.53. The molecule has 2 nitrogen and oxygen atoms in total. The van der Waals surface area contributed by atoms with Gasteiger partial charge in [0, 0.05) is 24.2 Å². The van der Waals surface area contributed by atoms with Crippen LogP contribution in [0.1, 0.15) is 24.2 Å². The second-order valence-corrected chi connectivity index (χ2v) is 4.82. The van der Waals surface area contributed by atoms with Gasteiger partial charge < -0.3 is 5.32 Å². The normalized spacial score (nSPS) is 17.7. The van der Waals surface area contributed by atoms with Gasteiger partial charge in [-0.05, 0) is 37.8 Å². The minimum Gasteiger partial charge on any atom is -0.310 e. The van der Waals surface area contributed by atoms with Crippen LogP contribution in [0.4, 0.5) is 0 Å². The molecule has 1 aromatic heterocycles. The summed E-state index contributed by atoms with van der Waals surface area (Å²) in [6, 6.07) is 6.09. The van der Waals surface area contributed by atoms with Crippen molar-refractivity contribution >= 4 is 11.6 Å². The highest BCUT2D eigenvalue weighted by Gasteiger charge is 2.29. The van der Waals surface area contributed by atoms with E-state index >= 15 is 0 Å². The summed E-state index contributed by atoms with van der Waals surface area (Å²) in [5, 5.41) is 3.66. The molecule has 1 unspecified atom stereocenters. The van der Waals surface area contributed by atoms with E-state index in [1.165, 1.54) is 12.8 Å². The molecule has 0 amide bonds. The van der Waals surface area contributed by atoms with E-state index in [0.717, 1.165) is 30.4 Å². The highest BCUT2D eigenvalue weighted by Crippen LogP contribution is 2.35. The summed E-state index contributed by atoms with van der Waals surface area (Å²) in [7, 11) is 0. The molecule has 0 spiro atoms. The van der Waals surface area contributed by atoms with Crippen LogP contribution in [0.2, 0.25) is 0 Å². The van der Waals surface area contributed by atoms with Crippen molar-refractivity contribution in [3.8, 4) is 0 Å². The smallest absolute Gasteiger partial charge is 0.0544 e. The van der Waals surface area contributed by atoms with Crippen molar-refractivity contribution in [1.29, 1.82) is 0 Å². The Balaban J connectivity index is 1.73. The first-order chi connectivity index (χ1) is 7.25.